The molecule has 1 heterocycles. The van der Waals surface area contributed by atoms with Crippen molar-refractivity contribution in [3.05, 3.63) is 60.6 Å². The molecule has 0 atom stereocenters. The minimum Gasteiger partial charge on any atom is -0.463 e. The minimum absolute atomic E-state index is 0.636. The summed E-state index contributed by atoms with van der Waals surface area (Å²) in [5.41, 5.74) is 0. The fraction of sp³-hybridized carbons (Fsp3) is 0.231. The van der Waals surface area contributed by atoms with Crippen LogP contribution in [-0.4, -0.2) is 15.2 Å². The normalized spacial score (nSPS) is 11.8. The first kappa shape index (κ1) is 13.0. The number of rotatable bonds is 6. The lowest BCUT2D eigenvalue weighted by Gasteiger charge is -2.03. The van der Waals surface area contributed by atoms with E-state index in [2.05, 4.69) is 28.3 Å². The van der Waals surface area contributed by atoms with Crippen molar-refractivity contribution in [1.29, 1.82) is 0 Å². The highest BCUT2D eigenvalue weighted by Gasteiger charge is 1.97. The molecular weight excluding hydrogens is 214 g/mol. The summed E-state index contributed by atoms with van der Waals surface area (Å²) in [4.78, 5) is 4.20. The largest absolute Gasteiger partial charge is 0.463 e. The molecule has 0 aliphatic heterocycles. The van der Waals surface area contributed by atoms with E-state index in [0.29, 0.717) is 17.9 Å². The van der Waals surface area contributed by atoms with E-state index in [4.69, 9.17) is 4.74 Å². The number of aromatic amines is 1. The lowest BCUT2D eigenvalue weighted by molar-refractivity contribution is 0.324. The summed E-state index contributed by atoms with van der Waals surface area (Å²) in [5.74, 6) is 2.90. The van der Waals surface area contributed by atoms with Crippen LogP contribution in [0.3, 0.4) is 0 Å². The van der Waals surface area contributed by atoms with Gasteiger partial charge in [0.1, 0.15) is 11.6 Å². The van der Waals surface area contributed by atoms with Crippen LogP contribution in [0, 0.1) is 6.92 Å². The van der Waals surface area contributed by atoms with Crippen LogP contribution in [0.1, 0.15) is 18.6 Å². The Kier molecular flexibility index (Phi) is 4.94. The molecule has 90 valence electrons. The molecule has 0 aliphatic carbocycles. The minimum atomic E-state index is 0.636. The Balaban J connectivity index is 2.58. The summed E-state index contributed by atoms with van der Waals surface area (Å²) < 4.78 is 5.39. The molecule has 0 saturated heterocycles. The van der Waals surface area contributed by atoms with Crippen molar-refractivity contribution in [3.63, 3.8) is 0 Å². The second-order valence-corrected chi connectivity index (χ2v) is 3.55. The summed E-state index contributed by atoms with van der Waals surface area (Å²) in [7, 11) is 0. The lowest BCUT2D eigenvalue weighted by Crippen LogP contribution is -1.88. The van der Waals surface area contributed by atoms with E-state index in [1.807, 2.05) is 19.1 Å². The molecule has 4 nitrogen and oxygen atoms in total. The Morgan fingerprint density at radius 2 is 2.29 bits per heavy atom. The van der Waals surface area contributed by atoms with Gasteiger partial charge in [-0.05, 0) is 26.0 Å². The molecule has 0 aliphatic rings. The van der Waals surface area contributed by atoms with Gasteiger partial charge in [0, 0.05) is 6.42 Å². The van der Waals surface area contributed by atoms with Gasteiger partial charge in [-0.1, -0.05) is 25.3 Å². The van der Waals surface area contributed by atoms with Crippen molar-refractivity contribution in [2.45, 2.75) is 20.3 Å². The van der Waals surface area contributed by atoms with E-state index in [9.17, 15) is 0 Å². The fourth-order valence-corrected chi connectivity index (χ4v) is 1.20. The predicted molar refractivity (Wildman–Crippen MR) is 68.1 cm³/mol. The maximum Gasteiger partial charge on any atom is 0.154 e. The monoisotopic (exact) mass is 231 g/mol. The lowest BCUT2D eigenvalue weighted by atomic mass is 10.3. The van der Waals surface area contributed by atoms with Crippen LogP contribution >= 0.6 is 0 Å². The second-order valence-electron chi connectivity index (χ2n) is 3.55. The SMILES string of the molecule is C=C/C=C(\C=C/Cc1n[nH]c(C)n1)OC(=C)C. The average molecular weight is 231 g/mol. The molecule has 0 unspecified atom stereocenters. The number of hydrogen-bond donors (Lipinski definition) is 1. The molecule has 0 aromatic carbocycles. The molecule has 0 saturated carbocycles. The van der Waals surface area contributed by atoms with Gasteiger partial charge in [-0.15, -0.1) is 0 Å². The molecule has 0 bridgehead atoms. The second kappa shape index (κ2) is 6.48. The number of nitrogens with one attached hydrogen (secondary N) is 1. The zero-order chi connectivity index (χ0) is 12.7. The highest BCUT2D eigenvalue weighted by molar-refractivity contribution is 5.19. The van der Waals surface area contributed by atoms with E-state index in [1.54, 1.807) is 19.1 Å². The Morgan fingerprint density at radius 1 is 1.53 bits per heavy atom. The molecule has 0 amide bonds. The standard InChI is InChI=1S/C13H17N3O/c1-5-7-12(17-10(2)3)8-6-9-13-14-11(4)15-16-13/h5-8H,1-2,9H2,3-4H3,(H,14,15,16)/b8-6-,12-7+. The summed E-state index contributed by atoms with van der Waals surface area (Å²) in [6, 6.07) is 0. The summed E-state index contributed by atoms with van der Waals surface area (Å²) in [6.45, 7) is 11.0. The maximum atomic E-state index is 5.39. The summed E-state index contributed by atoms with van der Waals surface area (Å²) >= 11 is 0. The number of aromatic nitrogens is 3. The van der Waals surface area contributed by atoms with Gasteiger partial charge in [0.15, 0.2) is 5.82 Å². The Hall–Kier alpha value is -2.10. The number of H-pyrrole nitrogens is 1. The quantitative estimate of drug-likeness (QED) is 0.605. The molecular formula is C13H17N3O. The molecule has 17 heavy (non-hydrogen) atoms. The van der Waals surface area contributed by atoms with E-state index < -0.39 is 0 Å². The van der Waals surface area contributed by atoms with Crippen molar-refractivity contribution in [2.75, 3.05) is 0 Å². The van der Waals surface area contributed by atoms with Gasteiger partial charge >= 0.3 is 0 Å². The Morgan fingerprint density at radius 3 is 2.82 bits per heavy atom. The number of hydrogen-bond acceptors (Lipinski definition) is 3. The fourth-order valence-electron chi connectivity index (χ4n) is 1.20. The average Bonchev–Trinajstić information content (AvgIpc) is 2.63. The van der Waals surface area contributed by atoms with E-state index in [0.717, 1.165) is 11.6 Å². The van der Waals surface area contributed by atoms with E-state index in [1.165, 1.54) is 0 Å². The van der Waals surface area contributed by atoms with Crippen molar-refractivity contribution in [2.24, 2.45) is 0 Å². The Bertz CT molecular complexity index is 455. The summed E-state index contributed by atoms with van der Waals surface area (Å²) in [5, 5.41) is 6.83. The van der Waals surface area contributed by atoms with Crippen LogP contribution < -0.4 is 0 Å². The first-order valence-corrected chi connectivity index (χ1v) is 5.32. The molecule has 4 heteroatoms. The maximum absolute atomic E-state index is 5.39. The van der Waals surface area contributed by atoms with Gasteiger partial charge in [0.05, 0.1) is 5.76 Å². The van der Waals surface area contributed by atoms with Crippen LogP contribution in [0.15, 0.2) is 49.0 Å². The first-order chi connectivity index (χ1) is 8.11. The van der Waals surface area contributed by atoms with Gasteiger partial charge in [-0.3, -0.25) is 5.10 Å². The third kappa shape index (κ3) is 4.97. The molecule has 1 aromatic rings. The van der Waals surface area contributed by atoms with E-state index >= 15 is 0 Å². The van der Waals surface area contributed by atoms with Gasteiger partial charge in [0.2, 0.25) is 0 Å². The van der Waals surface area contributed by atoms with Gasteiger partial charge in [-0.2, -0.15) is 5.10 Å². The third-order valence-electron chi connectivity index (χ3n) is 1.80. The van der Waals surface area contributed by atoms with Crippen molar-refractivity contribution in [1.82, 2.24) is 15.2 Å². The summed E-state index contributed by atoms with van der Waals surface area (Å²) in [6.07, 6.45) is 7.87. The van der Waals surface area contributed by atoms with Crippen molar-refractivity contribution in [3.8, 4) is 0 Å². The molecule has 0 radical (unpaired) electrons. The smallest absolute Gasteiger partial charge is 0.154 e. The van der Waals surface area contributed by atoms with Crippen LogP contribution in [0.5, 0.6) is 0 Å². The molecule has 0 spiro atoms. The highest BCUT2D eigenvalue weighted by atomic mass is 16.5. The third-order valence-corrected chi connectivity index (χ3v) is 1.80. The molecule has 1 N–H and O–H groups in total. The predicted octanol–water partition coefficient (Wildman–Crippen LogP) is 2.83. The topological polar surface area (TPSA) is 50.8 Å². The number of ether oxygens (including phenoxy) is 1. The molecule has 1 rings (SSSR count). The Labute approximate surface area is 101 Å². The number of allylic oxidation sites excluding steroid dienone is 5. The van der Waals surface area contributed by atoms with Gasteiger partial charge < -0.3 is 4.74 Å². The van der Waals surface area contributed by atoms with Crippen LogP contribution in [-0.2, 0) is 11.2 Å². The molecule has 0 fully saturated rings. The van der Waals surface area contributed by atoms with E-state index in [-0.39, 0.29) is 0 Å². The molecule has 1 aromatic heterocycles. The van der Waals surface area contributed by atoms with Gasteiger partial charge in [-0.25, -0.2) is 4.98 Å². The zero-order valence-corrected chi connectivity index (χ0v) is 10.2. The number of aryl methyl sites for hydroxylation is 1. The van der Waals surface area contributed by atoms with Gasteiger partial charge in [0.25, 0.3) is 0 Å². The van der Waals surface area contributed by atoms with Crippen molar-refractivity contribution >= 4 is 0 Å². The first-order valence-electron chi connectivity index (χ1n) is 5.32. The van der Waals surface area contributed by atoms with Crippen molar-refractivity contribution < 1.29 is 4.74 Å². The highest BCUT2D eigenvalue weighted by Crippen LogP contribution is 2.06. The van der Waals surface area contributed by atoms with Crippen LogP contribution in [0.2, 0.25) is 0 Å². The zero-order valence-electron chi connectivity index (χ0n) is 10.2. The number of nitrogens with zero attached hydrogens (tertiary/aromatic N) is 2. The van der Waals surface area contributed by atoms with Crippen LogP contribution in [0.4, 0.5) is 0 Å². The van der Waals surface area contributed by atoms with Crippen LogP contribution in [0.25, 0.3) is 0 Å².